The lowest BCUT2D eigenvalue weighted by molar-refractivity contribution is 0.203. The monoisotopic (exact) mass is 443 g/mol. The van der Waals surface area contributed by atoms with Crippen molar-refractivity contribution in [2.45, 2.75) is 36.7 Å². The van der Waals surface area contributed by atoms with Crippen LogP contribution in [-0.2, 0) is 6.54 Å². The van der Waals surface area contributed by atoms with E-state index in [1.807, 2.05) is 0 Å². The molecule has 3 heterocycles. The highest BCUT2D eigenvalue weighted by Gasteiger charge is 2.25. The average Bonchev–Trinajstić information content (AvgIpc) is 3.14. The van der Waals surface area contributed by atoms with E-state index in [2.05, 4.69) is 68.8 Å². The number of benzene rings is 1. The molecule has 1 aromatic carbocycles. The maximum atomic E-state index is 13.2. The lowest BCUT2D eigenvalue weighted by Crippen LogP contribution is -2.43. The van der Waals surface area contributed by atoms with E-state index in [0.29, 0.717) is 11.9 Å². The van der Waals surface area contributed by atoms with Gasteiger partial charge in [0.15, 0.2) is 4.34 Å². The lowest BCUT2D eigenvalue weighted by Gasteiger charge is -2.37. The molecule has 1 aliphatic rings. The van der Waals surface area contributed by atoms with Crippen molar-refractivity contribution < 1.29 is 4.39 Å². The number of thiazole rings is 1. The second-order valence-corrected chi connectivity index (χ2v) is 9.55. The van der Waals surface area contributed by atoms with E-state index in [1.165, 1.54) is 28.6 Å². The van der Waals surface area contributed by atoms with Crippen molar-refractivity contribution in [1.82, 2.24) is 14.9 Å². The molecule has 5 nitrogen and oxygen atoms in total. The fourth-order valence-corrected chi connectivity index (χ4v) is 5.62. The number of nitrogens with one attached hydrogen (secondary N) is 1. The van der Waals surface area contributed by atoms with Crippen LogP contribution in [0.4, 0.5) is 15.2 Å². The first kappa shape index (κ1) is 21.1. The first-order chi connectivity index (χ1) is 14.6. The van der Waals surface area contributed by atoms with Gasteiger partial charge in [-0.05, 0) is 37.5 Å². The minimum absolute atomic E-state index is 0.491. The molecule has 0 unspecified atom stereocenters. The van der Waals surface area contributed by atoms with Crippen LogP contribution in [0.15, 0.2) is 52.9 Å². The van der Waals surface area contributed by atoms with Crippen LogP contribution in [0, 0.1) is 12.9 Å². The summed E-state index contributed by atoms with van der Waals surface area (Å²) in [6.45, 7) is 5.29. The van der Waals surface area contributed by atoms with E-state index in [9.17, 15) is 4.39 Å². The molecule has 0 aliphatic carbocycles. The van der Waals surface area contributed by atoms with Crippen molar-refractivity contribution in [1.29, 1.82) is 0 Å². The topological polar surface area (TPSA) is 44.3 Å². The molecule has 8 heteroatoms. The number of anilines is 2. The van der Waals surface area contributed by atoms with Gasteiger partial charge in [-0.25, -0.2) is 9.97 Å². The summed E-state index contributed by atoms with van der Waals surface area (Å²) in [6, 6.07) is 15.9. The molecule has 2 aromatic heterocycles. The van der Waals surface area contributed by atoms with Crippen molar-refractivity contribution in [2.75, 3.05) is 29.8 Å². The van der Waals surface area contributed by atoms with Crippen LogP contribution in [0.2, 0.25) is 0 Å². The highest BCUT2D eigenvalue weighted by atomic mass is 32.2. The van der Waals surface area contributed by atoms with Gasteiger partial charge in [0, 0.05) is 44.7 Å². The Hall–Kier alpha value is -2.16. The van der Waals surface area contributed by atoms with Gasteiger partial charge in [-0.2, -0.15) is 4.39 Å². The smallest absolute Gasteiger partial charge is 0.214 e. The van der Waals surface area contributed by atoms with Gasteiger partial charge in [0.2, 0.25) is 5.95 Å². The molecule has 1 N–H and O–H groups in total. The third-order valence-corrected chi connectivity index (χ3v) is 7.50. The number of rotatable bonds is 7. The Kier molecular flexibility index (Phi) is 6.86. The normalized spacial score (nSPS) is 15.3. The molecule has 30 heavy (non-hydrogen) atoms. The third-order valence-electron chi connectivity index (χ3n) is 5.38. The van der Waals surface area contributed by atoms with Crippen LogP contribution in [0.3, 0.4) is 0 Å². The first-order valence-corrected chi connectivity index (χ1v) is 11.7. The fourth-order valence-electron chi connectivity index (χ4n) is 3.77. The Morgan fingerprint density at radius 3 is 2.63 bits per heavy atom. The molecule has 1 aliphatic heterocycles. The van der Waals surface area contributed by atoms with Gasteiger partial charge in [0.05, 0.1) is 5.69 Å². The summed E-state index contributed by atoms with van der Waals surface area (Å²) in [7, 11) is 2.17. The summed E-state index contributed by atoms with van der Waals surface area (Å²) in [6.07, 6.45) is 2.29. The molecule has 0 saturated carbocycles. The average molecular weight is 444 g/mol. The Balaban J connectivity index is 1.32. The van der Waals surface area contributed by atoms with E-state index < -0.39 is 5.95 Å². The Morgan fingerprint density at radius 2 is 1.90 bits per heavy atom. The minimum Gasteiger partial charge on any atom is -0.362 e. The highest BCUT2D eigenvalue weighted by Crippen LogP contribution is 2.35. The largest absolute Gasteiger partial charge is 0.362 e. The van der Waals surface area contributed by atoms with Crippen molar-refractivity contribution in [3.05, 3.63) is 65.7 Å². The molecule has 0 atom stereocenters. The zero-order chi connectivity index (χ0) is 20.9. The van der Waals surface area contributed by atoms with Gasteiger partial charge in [-0.1, -0.05) is 47.7 Å². The SMILES string of the molecule is Cc1nc(SNc2cccc(F)n2)sc1N(C)C1CCN(Cc2ccccc2)CC1. The molecule has 0 bridgehead atoms. The minimum atomic E-state index is -0.491. The zero-order valence-electron chi connectivity index (χ0n) is 17.2. The van der Waals surface area contributed by atoms with Crippen LogP contribution >= 0.6 is 23.3 Å². The number of nitrogens with zero attached hydrogens (tertiary/aromatic N) is 4. The van der Waals surface area contributed by atoms with Gasteiger partial charge in [0.1, 0.15) is 10.8 Å². The van der Waals surface area contributed by atoms with E-state index in [1.54, 1.807) is 23.5 Å². The van der Waals surface area contributed by atoms with E-state index in [4.69, 9.17) is 0 Å². The van der Waals surface area contributed by atoms with Gasteiger partial charge in [0.25, 0.3) is 0 Å². The van der Waals surface area contributed by atoms with Gasteiger partial charge in [-0.15, -0.1) is 0 Å². The van der Waals surface area contributed by atoms with Crippen molar-refractivity contribution in [3.63, 3.8) is 0 Å². The molecule has 0 amide bonds. The van der Waals surface area contributed by atoms with Gasteiger partial charge in [-0.3, -0.25) is 4.90 Å². The summed E-state index contributed by atoms with van der Waals surface area (Å²) < 4.78 is 17.2. The van der Waals surface area contributed by atoms with Crippen LogP contribution in [-0.4, -0.2) is 41.0 Å². The van der Waals surface area contributed by atoms with Crippen LogP contribution in [0.25, 0.3) is 0 Å². The van der Waals surface area contributed by atoms with Crippen molar-refractivity contribution in [3.8, 4) is 0 Å². The summed E-state index contributed by atoms with van der Waals surface area (Å²) >= 11 is 3.04. The van der Waals surface area contributed by atoms with E-state index >= 15 is 0 Å². The van der Waals surface area contributed by atoms with Crippen molar-refractivity contribution in [2.24, 2.45) is 0 Å². The van der Waals surface area contributed by atoms with Crippen molar-refractivity contribution >= 4 is 34.1 Å². The third kappa shape index (κ3) is 5.30. The first-order valence-electron chi connectivity index (χ1n) is 10.1. The second-order valence-electron chi connectivity index (χ2n) is 7.52. The second kappa shape index (κ2) is 9.76. The number of piperidine rings is 1. The molecule has 1 saturated heterocycles. The molecule has 1 fully saturated rings. The summed E-state index contributed by atoms with van der Waals surface area (Å²) in [5.74, 6) is 0.00324. The molecule has 158 valence electrons. The highest BCUT2D eigenvalue weighted by molar-refractivity contribution is 8.02. The lowest BCUT2D eigenvalue weighted by atomic mass is 10.0. The maximum Gasteiger partial charge on any atom is 0.214 e. The Labute approximate surface area is 185 Å². The number of hydrogen-bond donors (Lipinski definition) is 1. The Morgan fingerprint density at radius 1 is 1.13 bits per heavy atom. The van der Waals surface area contributed by atoms with Crippen LogP contribution in [0.1, 0.15) is 24.1 Å². The number of aromatic nitrogens is 2. The summed E-state index contributed by atoms with van der Waals surface area (Å²) in [4.78, 5) is 13.4. The number of pyridine rings is 1. The molecular formula is C22H26FN5S2. The predicted molar refractivity (Wildman–Crippen MR) is 124 cm³/mol. The van der Waals surface area contributed by atoms with Crippen LogP contribution in [0.5, 0.6) is 0 Å². The standard InChI is InChI=1S/C22H26FN5S2/c1-16-21(29-22(24-16)30-26-20-10-6-9-19(23)25-20)27(2)18-11-13-28(14-12-18)15-17-7-4-3-5-8-17/h3-10,18H,11-15H2,1-2H3,(H,25,26). The van der Waals surface area contributed by atoms with Gasteiger partial charge >= 0.3 is 0 Å². The quantitative estimate of drug-likeness (QED) is 0.400. The number of hydrogen-bond acceptors (Lipinski definition) is 7. The van der Waals surface area contributed by atoms with Gasteiger partial charge < -0.3 is 9.62 Å². The molecule has 0 radical (unpaired) electrons. The molecule has 3 aromatic rings. The fraction of sp³-hybridized carbons (Fsp3) is 0.364. The Bertz CT molecular complexity index is 957. The maximum absolute atomic E-state index is 13.2. The summed E-state index contributed by atoms with van der Waals surface area (Å²) in [5, 5.41) is 1.20. The molecular weight excluding hydrogens is 417 g/mol. The summed E-state index contributed by atoms with van der Waals surface area (Å²) in [5.41, 5.74) is 2.41. The number of aryl methyl sites for hydroxylation is 1. The van der Waals surface area contributed by atoms with E-state index in [-0.39, 0.29) is 0 Å². The van der Waals surface area contributed by atoms with Crippen LogP contribution < -0.4 is 9.62 Å². The number of likely N-dealkylation sites (tertiary alicyclic amines) is 1. The molecule has 0 spiro atoms. The predicted octanol–water partition coefficient (Wildman–Crippen LogP) is 5.21. The van der Waals surface area contributed by atoms with E-state index in [0.717, 1.165) is 42.5 Å². The zero-order valence-corrected chi connectivity index (χ0v) is 18.8. The number of halogens is 1. The molecule has 4 rings (SSSR count).